The second-order valence-electron chi connectivity index (χ2n) is 8.97. The molecule has 0 heterocycles. The molecule has 0 saturated carbocycles. The van der Waals surface area contributed by atoms with Gasteiger partial charge in [0, 0.05) is 5.92 Å². The predicted molar refractivity (Wildman–Crippen MR) is 110 cm³/mol. The quantitative estimate of drug-likeness (QED) is 0.581. The van der Waals surface area contributed by atoms with E-state index >= 15 is 0 Å². The SMILES string of the molecule is C=CC(c1ccc(C#N)cc1)c1cc2c(cc1C)C(C)(C)CCC2(C)C. The zero-order chi connectivity index (χ0) is 19.1. The van der Waals surface area contributed by atoms with Crippen molar-refractivity contribution < 1.29 is 0 Å². The summed E-state index contributed by atoms with van der Waals surface area (Å²) in [6.45, 7) is 15.8. The second-order valence-corrected chi connectivity index (χ2v) is 8.97. The maximum absolute atomic E-state index is 9.05. The first kappa shape index (κ1) is 18.5. The first-order valence-electron chi connectivity index (χ1n) is 9.48. The van der Waals surface area contributed by atoms with Crippen LogP contribution in [0.4, 0.5) is 0 Å². The number of fused-ring (bicyclic) bond motifs is 1. The van der Waals surface area contributed by atoms with Gasteiger partial charge in [0.25, 0.3) is 0 Å². The molecule has 0 bridgehead atoms. The van der Waals surface area contributed by atoms with Crippen molar-refractivity contribution in [3.05, 3.63) is 82.4 Å². The Kier molecular flexibility index (Phi) is 4.57. The highest BCUT2D eigenvalue weighted by Gasteiger charge is 2.37. The minimum absolute atomic E-state index is 0.147. The van der Waals surface area contributed by atoms with Gasteiger partial charge in [-0.1, -0.05) is 58.0 Å². The third-order valence-electron chi connectivity index (χ3n) is 6.21. The van der Waals surface area contributed by atoms with Gasteiger partial charge in [0.2, 0.25) is 0 Å². The number of aryl methyl sites for hydroxylation is 1. The van der Waals surface area contributed by atoms with Gasteiger partial charge < -0.3 is 0 Å². The van der Waals surface area contributed by atoms with Crippen LogP contribution in [0.15, 0.2) is 49.1 Å². The highest BCUT2D eigenvalue weighted by atomic mass is 14.4. The standard InChI is InChI=1S/C25H29N/c1-7-20(19-10-8-18(16-26)9-11-19)21-15-23-22(14-17(21)2)24(3,4)12-13-25(23,5)6/h7-11,14-15,20H,1,12-13H2,2-6H3. The molecule has 2 aromatic carbocycles. The third-order valence-corrected chi connectivity index (χ3v) is 6.21. The molecule has 0 radical (unpaired) electrons. The van der Waals surface area contributed by atoms with E-state index in [9.17, 15) is 0 Å². The Morgan fingerprint density at radius 2 is 1.54 bits per heavy atom. The van der Waals surface area contributed by atoms with Crippen LogP contribution in [0.3, 0.4) is 0 Å². The number of nitrogens with zero attached hydrogens (tertiary/aromatic N) is 1. The highest BCUT2D eigenvalue weighted by molar-refractivity contribution is 5.51. The molecule has 0 N–H and O–H groups in total. The van der Waals surface area contributed by atoms with Crippen molar-refractivity contribution in [2.75, 3.05) is 0 Å². The summed E-state index contributed by atoms with van der Waals surface area (Å²) in [5.74, 6) is 0.147. The van der Waals surface area contributed by atoms with E-state index in [0.29, 0.717) is 5.56 Å². The smallest absolute Gasteiger partial charge is 0.0991 e. The van der Waals surface area contributed by atoms with Gasteiger partial charge in [-0.15, -0.1) is 6.58 Å². The Bertz CT molecular complexity index is 876. The molecule has 0 saturated heterocycles. The summed E-state index contributed by atoms with van der Waals surface area (Å²) in [6, 6.07) is 14.9. The minimum Gasteiger partial charge on any atom is -0.192 e. The van der Waals surface area contributed by atoms with Crippen LogP contribution in [0.5, 0.6) is 0 Å². The third kappa shape index (κ3) is 3.10. The van der Waals surface area contributed by atoms with Crippen LogP contribution in [0.1, 0.15) is 79.8 Å². The predicted octanol–water partition coefficient (Wildman–Crippen LogP) is 6.53. The topological polar surface area (TPSA) is 23.8 Å². The van der Waals surface area contributed by atoms with Crippen LogP contribution in [0.25, 0.3) is 0 Å². The molecule has 2 aromatic rings. The van der Waals surface area contributed by atoms with E-state index in [1.54, 1.807) is 0 Å². The summed E-state index contributed by atoms with van der Waals surface area (Å²) in [6.07, 6.45) is 4.47. The Hall–Kier alpha value is -2.33. The molecular weight excluding hydrogens is 314 g/mol. The van der Waals surface area contributed by atoms with Gasteiger partial charge in [-0.25, -0.2) is 0 Å². The molecule has 134 valence electrons. The lowest BCUT2D eigenvalue weighted by Crippen LogP contribution is -2.34. The van der Waals surface area contributed by atoms with Crippen molar-refractivity contribution in [1.82, 2.24) is 0 Å². The van der Waals surface area contributed by atoms with Crippen molar-refractivity contribution in [3.8, 4) is 6.07 Å². The number of hydrogen-bond donors (Lipinski definition) is 0. The molecule has 1 nitrogen and oxygen atoms in total. The molecule has 1 aliphatic rings. The summed E-state index contributed by atoms with van der Waals surface area (Å²) in [5, 5.41) is 9.05. The maximum atomic E-state index is 9.05. The molecule has 0 aliphatic heterocycles. The lowest BCUT2D eigenvalue weighted by Gasteiger charge is -2.42. The number of allylic oxidation sites excluding steroid dienone is 1. The lowest BCUT2D eigenvalue weighted by molar-refractivity contribution is 0.331. The highest BCUT2D eigenvalue weighted by Crippen LogP contribution is 2.47. The Morgan fingerprint density at radius 3 is 2.04 bits per heavy atom. The van der Waals surface area contributed by atoms with E-state index in [0.717, 1.165) is 0 Å². The van der Waals surface area contributed by atoms with Crippen molar-refractivity contribution in [2.24, 2.45) is 0 Å². The van der Waals surface area contributed by atoms with E-state index in [-0.39, 0.29) is 16.7 Å². The first-order valence-corrected chi connectivity index (χ1v) is 9.48. The van der Waals surface area contributed by atoms with Crippen LogP contribution in [0.2, 0.25) is 0 Å². The number of nitriles is 1. The Balaban J connectivity index is 2.15. The average molecular weight is 344 g/mol. The van der Waals surface area contributed by atoms with Gasteiger partial charge in [0.05, 0.1) is 11.6 Å². The summed E-state index contributed by atoms with van der Waals surface area (Å²) >= 11 is 0. The molecule has 3 rings (SSSR count). The molecule has 0 amide bonds. The number of hydrogen-bond acceptors (Lipinski definition) is 1. The zero-order valence-electron chi connectivity index (χ0n) is 16.7. The van der Waals surface area contributed by atoms with Crippen molar-refractivity contribution in [3.63, 3.8) is 0 Å². The van der Waals surface area contributed by atoms with Crippen LogP contribution >= 0.6 is 0 Å². The van der Waals surface area contributed by atoms with E-state index in [2.05, 4.69) is 71.5 Å². The second kappa shape index (κ2) is 6.44. The largest absolute Gasteiger partial charge is 0.192 e. The molecular formula is C25H29N. The summed E-state index contributed by atoms with van der Waals surface area (Å²) in [4.78, 5) is 0. The Morgan fingerprint density at radius 1 is 1.00 bits per heavy atom. The molecule has 1 aliphatic carbocycles. The molecule has 0 aromatic heterocycles. The average Bonchev–Trinajstić information content (AvgIpc) is 2.61. The van der Waals surface area contributed by atoms with Crippen LogP contribution in [-0.4, -0.2) is 0 Å². The maximum Gasteiger partial charge on any atom is 0.0991 e. The Labute approximate surface area is 158 Å². The zero-order valence-corrected chi connectivity index (χ0v) is 16.7. The fourth-order valence-electron chi connectivity index (χ4n) is 4.28. The van der Waals surface area contributed by atoms with Gasteiger partial charge in [0.15, 0.2) is 0 Å². The molecule has 1 atom stereocenters. The van der Waals surface area contributed by atoms with Gasteiger partial charge in [0.1, 0.15) is 0 Å². The molecule has 1 unspecified atom stereocenters. The van der Waals surface area contributed by atoms with Gasteiger partial charge in [-0.2, -0.15) is 5.26 Å². The summed E-state index contributed by atoms with van der Waals surface area (Å²) in [7, 11) is 0. The fourth-order valence-corrected chi connectivity index (χ4v) is 4.28. The van der Waals surface area contributed by atoms with Gasteiger partial charge in [-0.05, 0) is 70.5 Å². The van der Waals surface area contributed by atoms with E-state index in [1.807, 2.05) is 18.2 Å². The molecule has 0 fully saturated rings. The van der Waals surface area contributed by atoms with E-state index < -0.39 is 0 Å². The van der Waals surface area contributed by atoms with Gasteiger partial charge in [-0.3, -0.25) is 0 Å². The normalized spacial score (nSPS) is 18.5. The lowest BCUT2D eigenvalue weighted by atomic mass is 9.62. The molecule has 26 heavy (non-hydrogen) atoms. The van der Waals surface area contributed by atoms with Crippen LogP contribution in [-0.2, 0) is 10.8 Å². The number of rotatable bonds is 3. The van der Waals surface area contributed by atoms with Gasteiger partial charge >= 0.3 is 0 Å². The first-order chi connectivity index (χ1) is 12.2. The minimum atomic E-state index is 0.147. The summed E-state index contributed by atoms with van der Waals surface area (Å²) < 4.78 is 0. The van der Waals surface area contributed by atoms with E-state index in [4.69, 9.17) is 5.26 Å². The van der Waals surface area contributed by atoms with Crippen LogP contribution < -0.4 is 0 Å². The van der Waals surface area contributed by atoms with Crippen molar-refractivity contribution in [1.29, 1.82) is 5.26 Å². The molecule has 0 spiro atoms. The van der Waals surface area contributed by atoms with E-state index in [1.165, 1.54) is 40.7 Å². The summed E-state index contributed by atoms with van der Waals surface area (Å²) in [5.41, 5.74) is 7.94. The fraction of sp³-hybridized carbons (Fsp3) is 0.400. The van der Waals surface area contributed by atoms with Crippen molar-refractivity contribution in [2.45, 2.75) is 64.2 Å². The number of benzene rings is 2. The van der Waals surface area contributed by atoms with Crippen molar-refractivity contribution >= 4 is 0 Å². The van der Waals surface area contributed by atoms with Crippen LogP contribution in [0, 0.1) is 18.3 Å². The monoisotopic (exact) mass is 343 g/mol. The molecule has 1 heteroatoms.